The fraction of sp³-hybridized carbons (Fsp3) is 0.250. The largest absolute Gasteiger partial charge is 0.493 e. The van der Waals surface area contributed by atoms with Crippen LogP contribution in [0.15, 0.2) is 42.5 Å². The molecule has 0 fully saturated rings. The number of amides is 1. The lowest BCUT2D eigenvalue weighted by molar-refractivity contribution is -0.111. The predicted molar refractivity (Wildman–Crippen MR) is 99.0 cm³/mol. The Bertz CT molecular complexity index is 816. The second-order valence-electron chi connectivity index (χ2n) is 5.65. The molecule has 0 saturated carbocycles. The Kier molecular flexibility index (Phi) is 5.63. The monoisotopic (exact) mass is 355 g/mol. The van der Waals surface area contributed by atoms with Crippen LogP contribution in [0, 0.1) is 0 Å². The van der Waals surface area contributed by atoms with E-state index in [2.05, 4.69) is 5.32 Å². The molecule has 0 spiro atoms. The SMILES string of the molecule is CCCOc1ccc(C=CC(=O)Nc2ccc3c(c2)OCO3)cc1OC. The molecule has 1 aliphatic heterocycles. The Morgan fingerprint density at radius 2 is 2.00 bits per heavy atom. The molecule has 0 aromatic heterocycles. The summed E-state index contributed by atoms with van der Waals surface area (Å²) in [7, 11) is 1.59. The van der Waals surface area contributed by atoms with Crippen molar-refractivity contribution in [3.63, 3.8) is 0 Å². The molecule has 2 aromatic rings. The van der Waals surface area contributed by atoms with Gasteiger partial charge in [-0.2, -0.15) is 0 Å². The fourth-order valence-electron chi connectivity index (χ4n) is 2.45. The molecule has 2 aromatic carbocycles. The number of ether oxygens (including phenoxy) is 4. The Morgan fingerprint density at radius 1 is 1.15 bits per heavy atom. The molecule has 1 aliphatic rings. The van der Waals surface area contributed by atoms with Gasteiger partial charge in [0.15, 0.2) is 23.0 Å². The number of benzene rings is 2. The summed E-state index contributed by atoms with van der Waals surface area (Å²) in [4.78, 5) is 12.1. The van der Waals surface area contributed by atoms with Gasteiger partial charge in [-0.05, 0) is 42.3 Å². The van der Waals surface area contributed by atoms with E-state index in [1.807, 2.05) is 25.1 Å². The molecule has 0 atom stereocenters. The van der Waals surface area contributed by atoms with E-state index in [-0.39, 0.29) is 12.7 Å². The quantitative estimate of drug-likeness (QED) is 0.764. The van der Waals surface area contributed by atoms with Crippen LogP contribution in [0.25, 0.3) is 6.08 Å². The van der Waals surface area contributed by atoms with Gasteiger partial charge in [0.1, 0.15) is 0 Å². The highest BCUT2D eigenvalue weighted by Crippen LogP contribution is 2.34. The maximum atomic E-state index is 12.1. The number of hydrogen-bond acceptors (Lipinski definition) is 5. The minimum Gasteiger partial charge on any atom is -0.493 e. The molecule has 0 aliphatic carbocycles. The third kappa shape index (κ3) is 4.27. The maximum Gasteiger partial charge on any atom is 0.248 e. The third-order valence-corrected chi connectivity index (χ3v) is 3.72. The van der Waals surface area contributed by atoms with Gasteiger partial charge in [-0.15, -0.1) is 0 Å². The molecular formula is C20H21NO5. The summed E-state index contributed by atoms with van der Waals surface area (Å²) in [6.45, 7) is 2.87. The van der Waals surface area contributed by atoms with Gasteiger partial charge < -0.3 is 24.3 Å². The van der Waals surface area contributed by atoms with Gasteiger partial charge in [0, 0.05) is 17.8 Å². The zero-order chi connectivity index (χ0) is 18.4. The third-order valence-electron chi connectivity index (χ3n) is 3.72. The molecule has 0 bridgehead atoms. The number of hydrogen-bond donors (Lipinski definition) is 1. The Morgan fingerprint density at radius 3 is 2.81 bits per heavy atom. The van der Waals surface area contributed by atoms with E-state index in [9.17, 15) is 4.79 Å². The van der Waals surface area contributed by atoms with Crippen molar-refractivity contribution >= 4 is 17.7 Å². The van der Waals surface area contributed by atoms with Crippen LogP contribution >= 0.6 is 0 Å². The lowest BCUT2D eigenvalue weighted by Gasteiger charge is -2.10. The average molecular weight is 355 g/mol. The Labute approximate surface area is 152 Å². The van der Waals surface area contributed by atoms with Crippen molar-refractivity contribution in [1.82, 2.24) is 0 Å². The van der Waals surface area contributed by atoms with Gasteiger partial charge in [0.05, 0.1) is 13.7 Å². The first-order valence-corrected chi connectivity index (χ1v) is 8.39. The van der Waals surface area contributed by atoms with E-state index in [1.165, 1.54) is 6.08 Å². The normalized spacial score (nSPS) is 12.2. The standard InChI is InChI=1S/C20H21NO5/c1-3-10-24-16-7-4-14(11-18(16)23-2)5-9-20(22)21-15-6-8-17-19(12-15)26-13-25-17/h4-9,11-12H,3,10,13H2,1-2H3,(H,21,22). The smallest absolute Gasteiger partial charge is 0.248 e. The summed E-state index contributed by atoms with van der Waals surface area (Å²) < 4.78 is 21.5. The minimum atomic E-state index is -0.242. The van der Waals surface area contributed by atoms with Crippen molar-refractivity contribution in [3.8, 4) is 23.0 Å². The summed E-state index contributed by atoms with van der Waals surface area (Å²) >= 11 is 0. The molecule has 1 amide bonds. The highest BCUT2D eigenvalue weighted by atomic mass is 16.7. The second-order valence-corrected chi connectivity index (χ2v) is 5.65. The van der Waals surface area contributed by atoms with Crippen LogP contribution in [-0.2, 0) is 4.79 Å². The van der Waals surface area contributed by atoms with Crippen LogP contribution in [0.2, 0.25) is 0 Å². The van der Waals surface area contributed by atoms with Crippen LogP contribution in [0.1, 0.15) is 18.9 Å². The van der Waals surface area contributed by atoms with Gasteiger partial charge in [-0.25, -0.2) is 0 Å². The molecule has 1 N–H and O–H groups in total. The molecule has 1 heterocycles. The number of nitrogens with one attached hydrogen (secondary N) is 1. The Balaban J connectivity index is 1.64. The molecule has 26 heavy (non-hydrogen) atoms. The van der Waals surface area contributed by atoms with Crippen LogP contribution in [0.5, 0.6) is 23.0 Å². The van der Waals surface area contributed by atoms with Crippen molar-refractivity contribution in [2.75, 3.05) is 25.8 Å². The molecule has 0 radical (unpaired) electrons. The second kappa shape index (κ2) is 8.29. The lowest BCUT2D eigenvalue weighted by atomic mass is 10.2. The summed E-state index contributed by atoms with van der Waals surface area (Å²) in [5, 5.41) is 2.79. The number of fused-ring (bicyclic) bond motifs is 1. The number of methoxy groups -OCH3 is 1. The van der Waals surface area contributed by atoms with Crippen LogP contribution in [-0.4, -0.2) is 26.4 Å². The molecular weight excluding hydrogens is 334 g/mol. The zero-order valence-electron chi connectivity index (χ0n) is 14.8. The van der Waals surface area contributed by atoms with Crippen LogP contribution in [0.4, 0.5) is 5.69 Å². The van der Waals surface area contributed by atoms with Gasteiger partial charge in [0.25, 0.3) is 0 Å². The van der Waals surface area contributed by atoms with Crippen LogP contribution < -0.4 is 24.3 Å². The van der Waals surface area contributed by atoms with Crippen molar-refractivity contribution < 1.29 is 23.7 Å². The van der Waals surface area contributed by atoms with Crippen LogP contribution in [0.3, 0.4) is 0 Å². The van der Waals surface area contributed by atoms with E-state index < -0.39 is 0 Å². The number of anilines is 1. The molecule has 3 rings (SSSR count). The highest BCUT2D eigenvalue weighted by Gasteiger charge is 2.13. The first-order valence-electron chi connectivity index (χ1n) is 8.39. The van der Waals surface area contributed by atoms with E-state index in [1.54, 1.807) is 31.4 Å². The Hall–Kier alpha value is -3.15. The van der Waals surface area contributed by atoms with E-state index in [4.69, 9.17) is 18.9 Å². The summed E-state index contributed by atoms with van der Waals surface area (Å²) in [5.41, 5.74) is 1.48. The van der Waals surface area contributed by atoms with Crippen molar-refractivity contribution in [3.05, 3.63) is 48.0 Å². The van der Waals surface area contributed by atoms with Gasteiger partial charge >= 0.3 is 0 Å². The number of carbonyl (C=O) groups excluding carboxylic acids is 1. The molecule has 6 nitrogen and oxygen atoms in total. The molecule has 0 saturated heterocycles. The first-order chi connectivity index (χ1) is 12.7. The van der Waals surface area contributed by atoms with Crippen molar-refractivity contribution in [2.24, 2.45) is 0 Å². The highest BCUT2D eigenvalue weighted by molar-refractivity contribution is 6.02. The molecule has 6 heteroatoms. The summed E-state index contributed by atoms with van der Waals surface area (Å²) in [6.07, 6.45) is 4.10. The maximum absolute atomic E-state index is 12.1. The minimum absolute atomic E-state index is 0.201. The van der Waals surface area contributed by atoms with E-state index in [0.29, 0.717) is 35.3 Å². The lowest BCUT2D eigenvalue weighted by Crippen LogP contribution is -2.07. The predicted octanol–water partition coefficient (Wildman–Crippen LogP) is 3.86. The zero-order valence-corrected chi connectivity index (χ0v) is 14.8. The topological polar surface area (TPSA) is 66.0 Å². The first kappa shape index (κ1) is 17.7. The summed E-state index contributed by atoms with van der Waals surface area (Å²) in [5.74, 6) is 2.39. The number of rotatable bonds is 7. The fourth-order valence-corrected chi connectivity index (χ4v) is 2.45. The van der Waals surface area contributed by atoms with Crippen molar-refractivity contribution in [2.45, 2.75) is 13.3 Å². The van der Waals surface area contributed by atoms with E-state index >= 15 is 0 Å². The van der Waals surface area contributed by atoms with Gasteiger partial charge in [-0.1, -0.05) is 13.0 Å². The van der Waals surface area contributed by atoms with Gasteiger partial charge in [0.2, 0.25) is 12.7 Å². The van der Waals surface area contributed by atoms with Crippen molar-refractivity contribution in [1.29, 1.82) is 0 Å². The average Bonchev–Trinajstić information content (AvgIpc) is 3.12. The van der Waals surface area contributed by atoms with Gasteiger partial charge in [-0.3, -0.25) is 4.79 Å². The van der Waals surface area contributed by atoms with E-state index in [0.717, 1.165) is 12.0 Å². The molecule has 0 unspecified atom stereocenters. The number of carbonyl (C=O) groups is 1. The summed E-state index contributed by atoms with van der Waals surface area (Å²) in [6, 6.07) is 10.8. The molecule has 136 valence electrons.